The van der Waals surface area contributed by atoms with Gasteiger partial charge < -0.3 is 20.6 Å². The number of halogens is 8. The van der Waals surface area contributed by atoms with Gasteiger partial charge in [0.2, 0.25) is 0 Å². The number of amides is 2. The molecule has 2 aliphatic rings. The number of hydrogen-bond donors (Lipinski definition) is 3. The maximum atomic E-state index is 14.2. The van der Waals surface area contributed by atoms with Gasteiger partial charge in [-0.25, -0.2) is 18.7 Å². The second-order valence-corrected chi connectivity index (χ2v) is 11.6. The van der Waals surface area contributed by atoms with E-state index in [2.05, 4.69) is 15.3 Å². The molecule has 0 aromatic carbocycles. The van der Waals surface area contributed by atoms with Gasteiger partial charge in [-0.05, 0) is 39.7 Å². The molecule has 1 saturated heterocycles. The highest BCUT2D eigenvalue weighted by atomic mass is 32.1. The van der Waals surface area contributed by atoms with E-state index in [1.54, 1.807) is 6.92 Å². The van der Waals surface area contributed by atoms with Gasteiger partial charge >= 0.3 is 12.4 Å². The lowest BCUT2D eigenvalue weighted by atomic mass is 9.77. The van der Waals surface area contributed by atoms with Crippen LogP contribution < -0.4 is 10.6 Å². The van der Waals surface area contributed by atoms with Gasteiger partial charge in [0.25, 0.3) is 17.7 Å². The van der Waals surface area contributed by atoms with Gasteiger partial charge in [0.1, 0.15) is 17.6 Å². The van der Waals surface area contributed by atoms with E-state index >= 15 is 0 Å². The minimum Gasteiger partial charge on any atom is -0.390 e. The number of pyridine rings is 1. The van der Waals surface area contributed by atoms with Crippen LogP contribution in [0.15, 0.2) is 12.3 Å². The van der Waals surface area contributed by atoms with E-state index in [0.29, 0.717) is 30.5 Å². The summed E-state index contributed by atoms with van der Waals surface area (Å²) in [6.45, 7) is 2.53. The van der Waals surface area contributed by atoms with Gasteiger partial charge in [-0.15, -0.1) is 11.3 Å². The number of carbonyl (C=O) groups excluding carboxylic acids is 2. The zero-order valence-electron chi connectivity index (χ0n) is 21.8. The maximum Gasteiger partial charge on any atom is 0.417 e. The molecule has 0 bridgehead atoms. The van der Waals surface area contributed by atoms with Crippen molar-refractivity contribution < 1.29 is 49.8 Å². The van der Waals surface area contributed by atoms with Crippen molar-refractivity contribution in [2.45, 2.75) is 82.0 Å². The number of nitrogens with zero attached hydrogens (tertiary/aromatic N) is 3. The Balaban J connectivity index is 1.78. The van der Waals surface area contributed by atoms with Crippen molar-refractivity contribution in [1.82, 2.24) is 20.2 Å². The minimum absolute atomic E-state index is 0.191. The van der Waals surface area contributed by atoms with E-state index in [1.165, 1.54) is 6.92 Å². The van der Waals surface area contributed by atoms with E-state index in [0.717, 1.165) is 4.90 Å². The Morgan fingerprint density at radius 1 is 1.17 bits per heavy atom. The van der Waals surface area contributed by atoms with Gasteiger partial charge in [-0.3, -0.25) is 9.59 Å². The van der Waals surface area contributed by atoms with E-state index in [1.807, 2.05) is 5.32 Å². The van der Waals surface area contributed by atoms with Crippen molar-refractivity contribution in [3.63, 3.8) is 0 Å². The summed E-state index contributed by atoms with van der Waals surface area (Å²) in [5, 5.41) is 13.8. The lowest BCUT2D eigenvalue weighted by Crippen LogP contribution is -2.53. The zero-order chi connectivity index (χ0) is 30.7. The quantitative estimate of drug-likeness (QED) is 0.391. The molecule has 3 heterocycles. The van der Waals surface area contributed by atoms with Gasteiger partial charge in [-0.1, -0.05) is 0 Å². The largest absolute Gasteiger partial charge is 0.417 e. The number of alkyl halides is 8. The van der Waals surface area contributed by atoms with Gasteiger partial charge in [0.05, 0.1) is 22.6 Å². The van der Waals surface area contributed by atoms with Crippen LogP contribution in [0, 0.1) is 0 Å². The number of anilines is 1. The molecule has 4 rings (SSSR count). The van der Waals surface area contributed by atoms with Crippen LogP contribution in [0.25, 0.3) is 10.4 Å². The summed E-state index contributed by atoms with van der Waals surface area (Å²) in [6, 6.07) is -3.40. The minimum atomic E-state index is -5.16. The predicted molar refractivity (Wildman–Crippen MR) is 131 cm³/mol. The highest BCUT2D eigenvalue weighted by Gasteiger charge is 2.47. The Bertz CT molecular complexity index is 1340. The summed E-state index contributed by atoms with van der Waals surface area (Å²) >= 11 is 0.379. The summed E-state index contributed by atoms with van der Waals surface area (Å²) in [5.74, 6) is -6.03. The van der Waals surface area contributed by atoms with Crippen LogP contribution in [0.4, 0.5) is 40.9 Å². The number of likely N-dealkylation sites (tertiary alicyclic amines) is 1. The van der Waals surface area contributed by atoms with Crippen LogP contribution in [0.3, 0.4) is 0 Å². The Kier molecular flexibility index (Phi) is 7.77. The third-order valence-electron chi connectivity index (χ3n) is 6.83. The molecule has 1 aliphatic heterocycles. The number of hydrogen-bond acceptors (Lipinski definition) is 7. The molecule has 0 unspecified atom stereocenters. The van der Waals surface area contributed by atoms with Crippen LogP contribution in [-0.4, -0.2) is 74.2 Å². The van der Waals surface area contributed by atoms with Crippen molar-refractivity contribution in [3.05, 3.63) is 28.5 Å². The number of aromatic nitrogens is 2. The molecule has 8 nitrogen and oxygen atoms in total. The molecule has 0 radical (unpaired) electrons. The standard InChI is InChI=1S/C24H25F8N5O3S/c1-10-5-22(25,26)9-37(10)20(39)16-17(41-19(36-16)18(38)35-12-6-21(3,40)7-12)13-8-33-15(4-14(13)24(30,31)32)34-11(2)23(27,28)29/h4,8,10-12,40H,5-7,9H2,1-3H3,(H,33,34)(H,35,38)/t10-,11-,12?,21?/m0/s1. The molecule has 41 heavy (non-hydrogen) atoms. The number of nitrogens with one attached hydrogen (secondary N) is 2. The normalized spacial score (nSPS) is 25.0. The first-order valence-electron chi connectivity index (χ1n) is 12.3. The Morgan fingerprint density at radius 3 is 2.32 bits per heavy atom. The number of carbonyl (C=O) groups is 2. The van der Waals surface area contributed by atoms with Crippen molar-refractivity contribution >= 4 is 29.0 Å². The molecular weight excluding hydrogens is 590 g/mol. The SMILES string of the molecule is C[C@H](Nc1cc(C(F)(F)F)c(-c2sc(C(=O)NC3CC(C)(O)C3)nc2C(=O)N2CC(F)(F)C[C@@H]2C)cn1)C(F)(F)F. The Morgan fingerprint density at radius 2 is 1.80 bits per heavy atom. The van der Waals surface area contributed by atoms with Gasteiger partial charge in [-0.2, -0.15) is 26.3 Å². The summed E-state index contributed by atoms with van der Waals surface area (Å²) in [4.78, 5) is 34.1. The number of thiazole rings is 1. The molecule has 2 amide bonds. The summed E-state index contributed by atoms with van der Waals surface area (Å²) in [6.07, 6.45) is -9.67. The van der Waals surface area contributed by atoms with Gasteiger partial charge in [0.15, 0.2) is 5.01 Å². The first kappa shape index (κ1) is 30.9. The third-order valence-corrected chi connectivity index (χ3v) is 7.92. The highest BCUT2D eigenvalue weighted by Crippen LogP contribution is 2.43. The fraction of sp³-hybridized carbons (Fsp3) is 0.583. The molecule has 2 atom stereocenters. The molecule has 0 spiro atoms. The number of aliphatic hydroxyl groups is 1. The molecule has 3 N–H and O–H groups in total. The first-order chi connectivity index (χ1) is 18.7. The fourth-order valence-electron chi connectivity index (χ4n) is 4.77. The van der Waals surface area contributed by atoms with Crippen LogP contribution in [0.2, 0.25) is 0 Å². The molecule has 1 aliphatic carbocycles. The average Bonchev–Trinajstić information content (AvgIpc) is 3.36. The Hall–Kier alpha value is -3.08. The topological polar surface area (TPSA) is 107 Å². The van der Waals surface area contributed by atoms with E-state index < -0.39 is 99.3 Å². The Labute approximate surface area is 232 Å². The number of rotatable bonds is 6. The molecular formula is C24H25F8N5O3S. The monoisotopic (exact) mass is 615 g/mol. The van der Waals surface area contributed by atoms with E-state index in [9.17, 15) is 49.8 Å². The first-order valence-corrected chi connectivity index (χ1v) is 13.1. The van der Waals surface area contributed by atoms with Crippen LogP contribution in [-0.2, 0) is 6.18 Å². The fourth-order valence-corrected chi connectivity index (χ4v) is 5.75. The van der Waals surface area contributed by atoms with Crippen LogP contribution >= 0.6 is 11.3 Å². The summed E-state index contributed by atoms with van der Waals surface area (Å²) in [7, 11) is 0. The molecule has 2 aromatic heterocycles. The van der Waals surface area contributed by atoms with Crippen molar-refractivity contribution in [2.24, 2.45) is 0 Å². The molecule has 2 fully saturated rings. The maximum absolute atomic E-state index is 14.2. The highest BCUT2D eigenvalue weighted by molar-refractivity contribution is 7.17. The van der Waals surface area contributed by atoms with Gasteiger partial charge in [0, 0.05) is 30.3 Å². The van der Waals surface area contributed by atoms with E-state index in [-0.39, 0.29) is 12.8 Å². The average molecular weight is 616 g/mol. The molecule has 226 valence electrons. The lowest BCUT2D eigenvalue weighted by Gasteiger charge is -2.40. The second-order valence-electron chi connectivity index (χ2n) is 10.6. The van der Waals surface area contributed by atoms with Crippen molar-refractivity contribution in [3.8, 4) is 10.4 Å². The second kappa shape index (κ2) is 10.3. The molecule has 17 heteroatoms. The third kappa shape index (κ3) is 6.71. The lowest BCUT2D eigenvalue weighted by molar-refractivity contribution is -0.138. The molecule has 2 aromatic rings. The zero-order valence-corrected chi connectivity index (χ0v) is 22.6. The van der Waals surface area contributed by atoms with Crippen LogP contribution in [0.5, 0.6) is 0 Å². The summed E-state index contributed by atoms with van der Waals surface area (Å²) in [5.41, 5.74) is -3.98. The van der Waals surface area contributed by atoms with Crippen molar-refractivity contribution in [1.29, 1.82) is 0 Å². The van der Waals surface area contributed by atoms with Crippen LogP contribution in [0.1, 0.15) is 65.9 Å². The summed E-state index contributed by atoms with van der Waals surface area (Å²) < 4.78 is 109. The molecule has 1 saturated carbocycles. The predicted octanol–water partition coefficient (Wildman–Crippen LogP) is 5.10. The smallest absolute Gasteiger partial charge is 0.390 e. The van der Waals surface area contributed by atoms with E-state index in [4.69, 9.17) is 0 Å². The van der Waals surface area contributed by atoms with Crippen molar-refractivity contribution in [2.75, 3.05) is 11.9 Å².